The van der Waals surface area contributed by atoms with Crippen molar-refractivity contribution in [2.45, 2.75) is 19.4 Å². The van der Waals surface area contributed by atoms with E-state index in [-0.39, 0.29) is 18.3 Å². The normalized spacial score (nSPS) is 21.9. The Balaban J connectivity index is 2.23. The summed E-state index contributed by atoms with van der Waals surface area (Å²) in [6, 6.07) is 7.32. The van der Waals surface area contributed by atoms with Crippen LogP contribution in [0.4, 0.5) is 11.4 Å². The van der Waals surface area contributed by atoms with Gasteiger partial charge in [0.1, 0.15) is 11.9 Å². The van der Waals surface area contributed by atoms with Gasteiger partial charge in [-0.15, -0.1) is 0 Å². The standard InChI is InChI=1S/C15H17N3O3/c1-10-6-7-17(14(10)9-19)15-11-4-2-3-5-12(11)16-8-13(15)18(20)21/h2-5,8,10,14,19H,6-7,9H2,1H3. The van der Waals surface area contributed by atoms with Crippen LogP contribution in [0.1, 0.15) is 13.3 Å². The Kier molecular flexibility index (Phi) is 3.47. The van der Waals surface area contributed by atoms with Gasteiger partial charge in [0.25, 0.3) is 0 Å². The van der Waals surface area contributed by atoms with Crippen LogP contribution >= 0.6 is 0 Å². The van der Waals surface area contributed by atoms with E-state index in [1.165, 1.54) is 6.20 Å². The highest BCUT2D eigenvalue weighted by Gasteiger charge is 2.35. The van der Waals surface area contributed by atoms with Gasteiger partial charge in [-0.25, -0.2) is 4.98 Å². The van der Waals surface area contributed by atoms with Crippen LogP contribution in [0.15, 0.2) is 30.5 Å². The first-order valence-electron chi connectivity index (χ1n) is 7.03. The highest BCUT2D eigenvalue weighted by molar-refractivity contribution is 5.96. The highest BCUT2D eigenvalue weighted by atomic mass is 16.6. The molecule has 2 unspecified atom stereocenters. The molecule has 1 aromatic carbocycles. The Bertz CT molecular complexity index is 689. The summed E-state index contributed by atoms with van der Waals surface area (Å²) in [7, 11) is 0. The number of hydrogen-bond acceptors (Lipinski definition) is 5. The zero-order chi connectivity index (χ0) is 15.0. The van der Waals surface area contributed by atoms with Crippen molar-refractivity contribution in [3.63, 3.8) is 0 Å². The fourth-order valence-corrected chi connectivity index (χ4v) is 3.12. The molecule has 1 aliphatic rings. The lowest BCUT2D eigenvalue weighted by Crippen LogP contribution is -2.35. The van der Waals surface area contributed by atoms with E-state index < -0.39 is 4.92 Å². The van der Waals surface area contributed by atoms with Crippen LogP contribution in [0.25, 0.3) is 10.9 Å². The highest BCUT2D eigenvalue weighted by Crippen LogP contribution is 2.39. The molecule has 0 saturated carbocycles. The van der Waals surface area contributed by atoms with E-state index in [0.717, 1.165) is 17.3 Å². The van der Waals surface area contributed by atoms with E-state index in [4.69, 9.17) is 0 Å². The fraction of sp³-hybridized carbons (Fsp3) is 0.400. The number of pyridine rings is 1. The minimum absolute atomic E-state index is 0.00116. The number of anilines is 1. The van der Waals surface area contributed by atoms with Crippen LogP contribution in [0, 0.1) is 16.0 Å². The van der Waals surface area contributed by atoms with Gasteiger partial charge in [-0.1, -0.05) is 25.1 Å². The van der Waals surface area contributed by atoms with E-state index >= 15 is 0 Å². The molecule has 1 saturated heterocycles. The zero-order valence-corrected chi connectivity index (χ0v) is 11.8. The lowest BCUT2D eigenvalue weighted by molar-refractivity contribution is -0.384. The van der Waals surface area contributed by atoms with Crippen molar-refractivity contribution in [2.24, 2.45) is 5.92 Å². The number of aliphatic hydroxyl groups is 1. The molecule has 110 valence electrons. The SMILES string of the molecule is CC1CCN(c2c([N+](=O)[O-])cnc3ccccc23)C1CO. The third-order valence-electron chi connectivity index (χ3n) is 4.28. The van der Waals surface area contributed by atoms with Gasteiger partial charge in [0.2, 0.25) is 0 Å². The molecule has 21 heavy (non-hydrogen) atoms. The minimum atomic E-state index is -0.397. The Morgan fingerprint density at radius 3 is 2.95 bits per heavy atom. The molecular weight excluding hydrogens is 270 g/mol. The number of nitro groups is 1. The van der Waals surface area contributed by atoms with Gasteiger partial charge in [0, 0.05) is 11.9 Å². The van der Waals surface area contributed by atoms with E-state index in [9.17, 15) is 15.2 Å². The number of hydrogen-bond donors (Lipinski definition) is 1. The maximum Gasteiger partial charge on any atom is 0.311 e. The van der Waals surface area contributed by atoms with Gasteiger partial charge in [0.05, 0.1) is 23.1 Å². The van der Waals surface area contributed by atoms with Gasteiger partial charge < -0.3 is 10.0 Å². The van der Waals surface area contributed by atoms with Crippen LogP contribution in [0.3, 0.4) is 0 Å². The molecule has 0 spiro atoms. The van der Waals surface area contributed by atoms with Gasteiger partial charge >= 0.3 is 5.69 Å². The summed E-state index contributed by atoms with van der Waals surface area (Å²) in [5.74, 6) is 0.307. The molecule has 1 aromatic heterocycles. The topological polar surface area (TPSA) is 79.5 Å². The Labute approximate surface area is 122 Å². The summed E-state index contributed by atoms with van der Waals surface area (Å²) >= 11 is 0. The van der Waals surface area contributed by atoms with Crippen LogP contribution in [0.2, 0.25) is 0 Å². The smallest absolute Gasteiger partial charge is 0.311 e. The molecule has 6 nitrogen and oxygen atoms in total. The first-order valence-corrected chi connectivity index (χ1v) is 7.03. The number of aromatic nitrogens is 1. The van der Waals surface area contributed by atoms with Gasteiger partial charge in [-0.3, -0.25) is 10.1 Å². The number of nitrogens with zero attached hydrogens (tertiary/aromatic N) is 3. The average molecular weight is 287 g/mol. The second kappa shape index (κ2) is 5.29. The van der Waals surface area contributed by atoms with Crippen molar-refractivity contribution < 1.29 is 10.0 Å². The predicted octanol–water partition coefficient (Wildman–Crippen LogP) is 2.35. The average Bonchev–Trinajstić information content (AvgIpc) is 2.86. The molecule has 0 radical (unpaired) electrons. The third kappa shape index (κ3) is 2.21. The Morgan fingerprint density at radius 1 is 1.48 bits per heavy atom. The maximum atomic E-state index is 11.4. The molecule has 1 aliphatic heterocycles. The summed E-state index contributed by atoms with van der Waals surface area (Å²) in [4.78, 5) is 17.1. The lowest BCUT2D eigenvalue weighted by Gasteiger charge is -2.27. The molecule has 2 heterocycles. The maximum absolute atomic E-state index is 11.4. The van der Waals surface area contributed by atoms with Gasteiger partial charge in [-0.2, -0.15) is 0 Å². The van der Waals surface area contributed by atoms with Crippen LogP contribution in [-0.4, -0.2) is 34.2 Å². The fourth-order valence-electron chi connectivity index (χ4n) is 3.12. The summed E-state index contributed by atoms with van der Waals surface area (Å²) in [6.45, 7) is 2.77. The van der Waals surface area contributed by atoms with Crippen LogP contribution in [0.5, 0.6) is 0 Å². The summed E-state index contributed by atoms with van der Waals surface area (Å²) in [6.07, 6.45) is 2.23. The molecular formula is C15H17N3O3. The predicted molar refractivity (Wildman–Crippen MR) is 80.4 cm³/mol. The number of aliphatic hydroxyl groups excluding tert-OH is 1. The molecule has 0 aliphatic carbocycles. The number of fused-ring (bicyclic) bond motifs is 1. The largest absolute Gasteiger partial charge is 0.394 e. The monoisotopic (exact) mass is 287 g/mol. The van der Waals surface area contributed by atoms with Crippen molar-refractivity contribution in [2.75, 3.05) is 18.1 Å². The zero-order valence-electron chi connectivity index (χ0n) is 11.8. The lowest BCUT2D eigenvalue weighted by atomic mass is 10.0. The minimum Gasteiger partial charge on any atom is -0.394 e. The van der Waals surface area contributed by atoms with Crippen molar-refractivity contribution >= 4 is 22.3 Å². The Hall–Kier alpha value is -2.21. The van der Waals surface area contributed by atoms with Crippen LogP contribution < -0.4 is 4.90 Å². The molecule has 3 rings (SSSR count). The van der Waals surface area contributed by atoms with E-state index in [2.05, 4.69) is 11.9 Å². The summed E-state index contributed by atoms with van der Waals surface area (Å²) in [5.41, 5.74) is 1.31. The van der Waals surface area contributed by atoms with Gasteiger partial charge in [-0.05, 0) is 18.4 Å². The molecule has 1 fully saturated rings. The van der Waals surface area contributed by atoms with E-state index in [1.54, 1.807) is 0 Å². The second-order valence-electron chi connectivity index (χ2n) is 5.48. The molecule has 2 aromatic rings. The van der Waals surface area contributed by atoms with E-state index in [0.29, 0.717) is 18.2 Å². The Morgan fingerprint density at radius 2 is 2.24 bits per heavy atom. The van der Waals surface area contributed by atoms with Crippen molar-refractivity contribution in [1.82, 2.24) is 4.98 Å². The first-order chi connectivity index (χ1) is 10.1. The van der Waals surface area contributed by atoms with E-state index in [1.807, 2.05) is 29.2 Å². The molecule has 6 heteroatoms. The number of benzene rings is 1. The first kappa shape index (κ1) is 13.8. The molecule has 1 N–H and O–H groups in total. The molecule has 0 bridgehead atoms. The molecule has 0 amide bonds. The molecule has 2 atom stereocenters. The van der Waals surface area contributed by atoms with Crippen molar-refractivity contribution in [3.05, 3.63) is 40.6 Å². The number of para-hydroxylation sites is 1. The van der Waals surface area contributed by atoms with Gasteiger partial charge in [0.15, 0.2) is 0 Å². The van der Waals surface area contributed by atoms with Crippen LogP contribution in [-0.2, 0) is 0 Å². The summed E-state index contributed by atoms with van der Waals surface area (Å²) < 4.78 is 0. The summed E-state index contributed by atoms with van der Waals surface area (Å²) in [5, 5.41) is 21.8. The van der Waals surface area contributed by atoms with Crippen molar-refractivity contribution in [1.29, 1.82) is 0 Å². The quantitative estimate of drug-likeness (QED) is 0.692. The number of rotatable bonds is 3. The van der Waals surface area contributed by atoms with Crippen molar-refractivity contribution in [3.8, 4) is 0 Å². The third-order valence-corrected chi connectivity index (χ3v) is 4.28. The second-order valence-corrected chi connectivity index (χ2v) is 5.48.